The minimum absolute atomic E-state index is 0.115. The lowest BCUT2D eigenvalue weighted by atomic mass is 10.2. The fourth-order valence-electron chi connectivity index (χ4n) is 3.31. The molecule has 1 N–H and O–H groups in total. The van der Waals surface area contributed by atoms with Crippen molar-refractivity contribution in [1.29, 1.82) is 0 Å². The van der Waals surface area contributed by atoms with E-state index in [2.05, 4.69) is 9.88 Å². The molecule has 0 aliphatic carbocycles. The Morgan fingerprint density at radius 3 is 2.64 bits per heavy atom. The van der Waals surface area contributed by atoms with Crippen LogP contribution in [0.5, 0.6) is 5.75 Å². The van der Waals surface area contributed by atoms with Crippen molar-refractivity contribution in [3.63, 3.8) is 0 Å². The Kier molecular flexibility index (Phi) is 5.36. The van der Waals surface area contributed by atoms with Crippen LogP contribution in [0.2, 0.25) is 0 Å². The second-order valence-corrected chi connectivity index (χ2v) is 7.61. The maximum atomic E-state index is 13.9. The standard InChI is InChI=1S/C21H20FN3O2S/c22-18-7-2-1-6-17(18)20-23-19(14-28-20)21(27)25-10-8-24(9-11-25)13-15-4-3-5-16(26)12-15/h1-7,12,14,26H,8-11,13H2. The van der Waals surface area contributed by atoms with Gasteiger partial charge < -0.3 is 10.0 Å². The van der Waals surface area contributed by atoms with Gasteiger partial charge in [0.05, 0.1) is 0 Å². The first-order valence-corrected chi connectivity index (χ1v) is 9.98. The van der Waals surface area contributed by atoms with Crippen LogP contribution in [0.3, 0.4) is 0 Å². The minimum Gasteiger partial charge on any atom is -0.508 e. The summed E-state index contributed by atoms with van der Waals surface area (Å²) in [5.41, 5.74) is 1.83. The molecular formula is C21H20FN3O2S. The van der Waals surface area contributed by atoms with E-state index in [0.29, 0.717) is 29.4 Å². The molecule has 3 aromatic rings. The third-order valence-corrected chi connectivity index (χ3v) is 5.68. The Hall–Kier alpha value is -2.77. The molecule has 1 aromatic heterocycles. The predicted octanol–water partition coefficient (Wildman–Crippen LogP) is 3.61. The van der Waals surface area contributed by atoms with E-state index in [1.165, 1.54) is 17.4 Å². The van der Waals surface area contributed by atoms with E-state index in [-0.39, 0.29) is 17.5 Å². The smallest absolute Gasteiger partial charge is 0.273 e. The number of piperazine rings is 1. The topological polar surface area (TPSA) is 56.7 Å². The number of rotatable bonds is 4. The average Bonchev–Trinajstić information content (AvgIpc) is 3.18. The van der Waals surface area contributed by atoms with Gasteiger partial charge in [0, 0.05) is 43.7 Å². The monoisotopic (exact) mass is 397 g/mol. The molecule has 0 spiro atoms. The zero-order valence-corrected chi connectivity index (χ0v) is 16.0. The first-order chi connectivity index (χ1) is 13.6. The molecule has 1 amide bonds. The number of phenolic OH excluding ortho intramolecular Hbond substituents is 1. The van der Waals surface area contributed by atoms with Crippen molar-refractivity contribution in [1.82, 2.24) is 14.8 Å². The van der Waals surface area contributed by atoms with Crippen LogP contribution in [0.1, 0.15) is 16.1 Å². The Morgan fingerprint density at radius 2 is 1.89 bits per heavy atom. The molecule has 4 rings (SSSR count). The number of halogens is 1. The van der Waals surface area contributed by atoms with E-state index in [1.807, 2.05) is 12.1 Å². The summed E-state index contributed by atoms with van der Waals surface area (Å²) in [5, 5.41) is 11.8. The molecule has 28 heavy (non-hydrogen) atoms. The van der Waals surface area contributed by atoms with Crippen molar-refractivity contribution in [2.75, 3.05) is 26.2 Å². The third kappa shape index (κ3) is 4.05. The van der Waals surface area contributed by atoms with Gasteiger partial charge in [-0.1, -0.05) is 24.3 Å². The summed E-state index contributed by atoms with van der Waals surface area (Å²) in [4.78, 5) is 21.2. The molecule has 0 bridgehead atoms. The summed E-state index contributed by atoms with van der Waals surface area (Å²) in [6.07, 6.45) is 0. The number of thiazole rings is 1. The molecule has 5 nitrogen and oxygen atoms in total. The van der Waals surface area contributed by atoms with E-state index in [1.54, 1.807) is 40.6 Å². The molecule has 144 valence electrons. The van der Waals surface area contributed by atoms with Gasteiger partial charge in [-0.3, -0.25) is 9.69 Å². The summed E-state index contributed by atoms with van der Waals surface area (Å²) in [6.45, 7) is 3.48. The van der Waals surface area contributed by atoms with Crippen molar-refractivity contribution in [2.45, 2.75) is 6.54 Å². The number of carbonyl (C=O) groups excluding carboxylic acids is 1. The van der Waals surface area contributed by atoms with Crippen molar-refractivity contribution in [3.8, 4) is 16.3 Å². The van der Waals surface area contributed by atoms with Gasteiger partial charge in [-0.2, -0.15) is 0 Å². The maximum Gasteiger partial charge on any atom is 0.273 e. The molecule has 1 fully saturated rings. The number of aromatic nitrogens is 1. The van der Waals surface area contributed by atoms with Gasteiger partial charge in [-0.25, -0.2) is 9.37 Å². The largest absolute Gasteiger partial charge is 0.508 e. The van der Waals surface area contributed by atoms with E-state index in [0.717, 1.165) is 25.2 Å². The van der Waals surface area contributed by atoms with Crippen LogP contribution in [0, 0.1) is 5.82 Å². The summed E-state index contributed by atoms with van der Waals surface area (Å²) in [6, 6.07) is 13.7. The number of aromatic hydroxyl groups is 1. The first kappa shape index (κ1) is 18.6. The Bertz CT molecular complexity index is 983. The number of amides is 1. The molecule has 2 aromatic carbocycles. The lowest BCUT2D eigenvalue weighted by Crippen LogP contribution is -2.48. The van der Waals surface area contributed by atoms with Gasteiger partial charge in [0.15, 0.2) is 0 Å². The van der Waals surface area contributed by atoms with Crippen LogP contribution in [0.4, 0.5) is 4.39 Å². The quantitative estimate of drug-likeness (QED) is 0.731. The summed E-state index contributed by atoms with van der Waals surface area (Å²) in [7, 11) is 0. The summed E-state index contributed by atoms with van der Waals surface area (Å²) < 4.78 is 13.9. The van der Waals surface area contributed by atoms with Crippen LogP contribution in [0.25, 0.3) is 10.6 Å². The highest BCUT2D eigenvalue weighted by Gasteiger charge is 2.24. The number of benzene rings is 2. The SMILES string of the molecule is O=C(c1csc(-c2ccccc2F)n1)N1CCN(Cc2cccc(O)c2)CC1. The van der Waals surface area contributed by atoms with Gasteiger partial charge in [0.1, 0.15) is 22.3 Å². The van der Waals surface area contributed by atoms with Gasteiger partial charge in [0.2, 0.25) is 0 Å². The number of hydrogen-bond acceptors (Lipinski definition) is 5. The van der Waals surface area contributed by atoms with Crippen LogP contribution >= 0.6 is 11.3 Å². The number of carbonyl (C=O) groups is 1. The van der Waals surface area contributed by atoms with Crippen LogP contribution < -0.4 is 0 Å². The normalized spacial score (nSPS) is 15.0. The third-order valence-electron chi connectivity index (χ3n) is 4.80. The molecule has 0 atom stereocenters. The first-order valence-electron chi connectivity index (χ1n) is 9.10. The van der Waals surface area contributed by atoms with Crippen molar-refractivity contribution >= 4 is 17.2 Å². The van der Waals surface area contributed by atoms with E-state index in [4.69, 9.17) is 0 Å². The lowest BCUT2D eigenvalue weighted by molar-refractivity contribution is 0.0623. The molecule has 0 radical (unpaired) electrons. The Balaban J connectivity index is 1.37. The zero-order chi connectivity index (χ0) is 19.5. The van der Waals surface area contributed by atoms with E-state index < -0.39 is 0 Å². The summed E-state index contributed by atoms with van der Waals surface area (Å²) >= 11 is 1.28. The second kappa shape index (κ2) is 8.08. The van der Waals surface area contributed by atoms with E-state index in [9.17, 15) is 14.3 Å². The Labute approximate surface area is 166 Å². The van der Waals surface area contributed by atoms with Crippen LogP contribution in [0.15, 0.2) is 53.9 Å². The lowest BCUT2D eigenvalue weighted by Gasteiger charge is -2.34. The van der Waals surface area contributed by atoms with Gasteiger partial charge >= 0.3 is 0 Å². The highest BCUT2D eigenvalue weighted by Crippen LogP contribution is 2.26. The maximum absolute atomic E-state index is 13.9. The Morgan fingerprint density at radius 1 is 1.11 bits per heavy atom. The van der Waals surface area contributed by atoms with Gasteiger partial charge in [-0.15, -0.1) is 11.3 Å². The van der Waals surface area contributed by atoms with Crippen LogP contribution in [-0.4, -0.2) is 52.0 Å². The minimum atomic E-state index is -0.337. The molecule has 0 saturated carbocycles. The van der Waals surface area contributed by atoms with E-state index >= 15 is 0 Å². The molecule has 1 aliphatic heterocycles. The fourth-order valence-corrected chi connectivity index (χ4v) is 4.13. The fraction of sp³-hybridized carbons (Fsp3) is 0.238. The molecule has 7 heteroatoms. The van der Waals surface area contributed by atoms with Crippen molar-refractivity contribution in [2.24, 2.45) is 0 Å². The van der Waals surface area contributed by atoms with Crippen molar-refractivity contribution < 1.29 is 14.3 Å². The highest BCUT2D eigenvalue weighted by atomic mass is 32.1. The number of phenols is 1. The van der Waals surface area contributed by atoms with Gasteiger partial charge in [0.25, 0.3) is 5.91 Å². The second-order valence-electron chi connectivity index (χ2n) is 6.76. The van der Waals surface area contributed by atoms with Crippen molar-refractivity contribution in [3.05, 3.63) is 71.0 Å². The molecular weight excluding hydrogens is 377 g/mol. The molecule has 1 saturated heterocycles. The molecule has 2 heterocycles. The summed E-state index contributed by atoms with van der Waals surface area (Å²) in [5.74, 6) is -0.187. The number of hydrogen-bond donors (Lipinski definition) is 1. The predicted molar refractivity (Wildman–Crippen MR) is 107 cm³/mol. The van der Waals surface area contributed by atoms with Gasteiger partial charge in [-0.05, 0) is 29.8 Å². The average molecular weight is 397 g/mol. The number of nitrogens with zero attached hydrogens (tertiary/aromatic N) is 3. The highest BCUT2D eigenvalue weighted by molar-refractivity contribution is 7.13. The molecule has 1 aliphatic rings. The zero-order valence-electron chi connectivity index (χ0n) is 15.2. The van der Waals surface area contributed by atoms with Crippen LogP contribution in [-0.2, 0) is 6.54 Å². The molecule has 0 unspecified atom stereocenters.